The number of nitrogens with one attached hydrogen (secondary N) is 1. The zero-order chi connectivity index (χ0) is 18.6. The van der Waals surface area contributed by atoms with Gasteiger partial charge in [0.1, 0.15) is 11.8 Å². The highest BCUT2D eigenvalue weighted by atomic mass is 19.4. The summed E-state index contributed by atoms with van der Waals surface area (Å²) in [6, 6.07) is 4.99. The number of hydrogen-bond acceptors (Lipinski definition) is 3. The van der Waals surface area contributed by atoms with Crippen molar-refractivity contribution in [3.63, 3.8) is 0 Å². The van der Waals surface area contributed by atoms with Crippen LogP contribution in [-0.2, 0) is 6.42 Å². The van der Waals surface area contributed by atoms with Gasteiger partial charge in [-0.2, -0.15) is 13.2 Å². The zero-order valence-corrected chi connectivity index (χ0v) is 14.6. The fourth-order valence-electron chi connectivity index (χ4n) is 2.89. The predicted octanol–water partition coefficient (Wildman–Crippen LogP) is 2.51. The van der Waals surface area contributed by atoms with Crippen molar-refractivity contribution in [3.05, 3.63) is 29.8 Å². The molecule has 1 heterocycles. The third-order valence-electron chi connectivity index (χ3n) is 4.58. The molecule has 0 saturated carbocycles. The van der Waals surface area contributed by atoms with Crippen LogP contribution < -0.4 is 10.1 Å². The summed E-state index contributed by atoms with van der Waals surface area (Å²) in [6.45, 7) is 1.98. The largest absolute Gasteiger partial charge is 0.497 e. The molecule has 1 saturated heterocycles. The van der Waals surface area contributed by atoms with Gasteiger partial charge in [-0.15, -0.1) is 0 Å². The van der Waals surface area contributed by atoms with Crippen LogP contribution in [0.3, 0.4) is 0 Å². The van der Waals surface area contributed by atoms with E-state index in [0.29, 0.717) is 13.0 Å². The third-order valence-corrected chi connectivity index (χ3v) is 4.58. The molecule has 2 amide bonds. The third kappa shape index (κ3) is 5.01. The molecule has 1 aliphatic rings. The molecule has 1 aromatic carbocycles. The van der Waals surface area contributed by atoms with Gasteiger partial charge in [-0.1, -0.05) is 12.1 Å². The summed E-state index contributed by atoms with van der Waals surface area (Å²) in [6.07, 6.45) is -3.76. The van der Waals surface area contributed by atoms with Crippen LogP contribution in [0.2, 0.25) is 0 Å². The first-order chi connectivity index (χ1) is 11.7. The van der Waals surface area contributed by atoms with E-state index in [2.05, 4.69) is 5.32 Å². The molecule has 0 aromatic heterocycles. The van der Waals surface area contributed by atoms with Gasteiger partial charge in [0, 0.05) is 25.7 Å². The maximum Gasteiger partial charge on any atom is 0.405 e. The monoisotopic (exact) mass is 359 g/mol. The van der Waals surface area contributed by atoms with Crippen LogP contribution in [-0.4, -0.2) is 67.9 Å². The van der Waals surface area contributed by atoms with Crippen molar-refractivity contribution in [2.24, 2.45) is 0 Å². The second kappa shape index (κ2) is 7.95. The Hall–Kier alpha value is -1.96. The van der Waals surface area contributed by atoms with Crippen LogP contribution in [0.1, 0.15) is 12.5 Å². The van der Waals surface area contributed by atoms with E-state index in [4.69, 9.17) is 4.74 Å². The minimum atomic E-state index is -4.36. The molecule has 1 aromatic rings. The summed E-state index contributed by atoms with van der Waals surface area (Å²) in [7, 11) is 3.03. The van der Waals surface area contributed by atoms with Crippen LogP contribution in [0.15, 0.2) is 24.3 Å². The molecule has 0 radical (unpaired) electrons. The second-order valence-corrected chi connectivity index (χ2v) is 6.31. The first kappa shape index (κ1) is 19.4. The van der Waals surface area contributed by atoms with E-state index in [1.165, 1.54) is 16.8 Å². The van der Waals surface area contributed by atoms with Crippen molar-refractivity contribution in [2.75, 3.05) is 33.8 Å². The number of piperazine rings is 1. The number of hydrogen-bond donors (Lipinski definition) is 1. The smallest absolute Gasteiger partial charge is 0.405 e. The molecule has 1 N–H and O–H groups in total. The highest BCUT2D eigenvalue weighted by Gasteiger charge is 2.47. The van der Waals surface area contributed by atoms with E-state index in [0.717, 1.165) is 11.3 Å². The van der Waals surface area contributed by atoms with Gasteiger partial charge in [-0.05, 0) is 38.1 Å². The van der Waals surface area contributed by atoms with Gasteiger partial charge < -0.3 is 15.0 Å². The number of ether oxygens (including phenoxy) is 1. The lowest BCUT2D eigenvalue weighted by molar-refractivity contribution is -0.196. The topological polar surface area (TPSA) is 44.8 Å². The van der Waals surface area contributed by atoms with Crippen molar-refractivity contribution in [3.8, 4) is 5.75 Å². The van der Waals surface area contributed by atoms with E-state index < -0.39 is 18.2 Å². The number of urea groups is 1. The highest BCUT2D eigenvalue weighted by Crippen LogP contribution is 2.29. The van der Waals surface area contributed by atoms with Gasteiger partial charge in [-0.3, -0.25) is 4.90 Å². The van der Waals surface area contributed by atoms with E-state index in [1.807, 2.05) is 24.3 Å². The molecule has 5 nitrogen and oxygen atoms in total. The van der Waals surface area contributed by atoms with Gasteiger partial charge in [0.15, 0.2) is 0 Å². The Morgan fingerprint density at radius 1 is 1.28 bits per heavy atom. The van der Waals surface area contributed by atoms with Crippen molar-refractivity contribution in [2.45, 2.75) is 31.6 Å². The Bertz CT molecular complexity index is 577. The molecule has 0 aliphatic carbocycles. The Morgan fingerprint density at radius 2 is 1.92 bits per heavy atom. The maximum absolute atomic E-state index is 13.1. The van der Waals surface area contributed by atoms with Crippen LogP contribution in [0.5, 0.6) is 5.75 Å². The fourth-order valence-corrected chi connectivity index (χ4v) is 2.89. The van der Waals surface area contributed by atoms with Crippen molar-refractivity contribution < 1.29 is 22.7 Å². The number of alkyl halides is 3. The fraction of sp³-hybridized carbons (Fsp3) is 0.588. The molecule has 0 bridgehead atoms. The molecule has 2 rings (SSSR count). The Labute approximate surface area is 145 Å². The molecule has 8 heteroatoms. The number of likely N-dealkylation sites (N-methyl/N-ethyl adjacent to an activating group) is 1. The van der Waals surface area contributed by atoms with Gasteiger partial charge in [-0.25, -0.2) is 4.79 Å². The average Bonchev–Trinajstić information content (AvgIpc) is 2.56. The maximum atomic E-state index is 13.1. The molecule has 25 heavy (non-hydrogen) atoms. The molecule has 0 spiro atoms. The first-order valence-electron chi connectivity index (χ1n) is 8.16. The summed E-state index contributed by atoms with van der Waals surface area (Å²) in [4.78, 5) is 14.7. The van der Waals surface area contributed by atoms with Gasteiger partial charge in [0.25, 0.3) is 0 Å². The Morgan fingerprint density at radius 3 is 2.48 bits per heavy atom. The van der Waals surface area contributed by atoms with Crippen molar-refractivity contribution in [1.29, 1.82) is 0 Å². The van der Waals surface area contributed by atoms with Crippen LogP contribution in [0, 0.1) is 0 Å². The normalized spacial score (nSPS) is 21.9. The minimum Gasteiger partial charge on any atom is -0.497 e. The SMILES string of the molecule is COc1ccc(CCNC(=O)N2CC(C)N(C)C(C(F)(F)F)C2)cc1. The lowest BCUT2D eigenvalue weighted by Crippen LogP contribution is -2.63. The number of amides is 2. The Kier molecular flexibility index (Phi) is 6.16. The van der Waals surface area contributed by atoms with Crippen LogP contribution in [0.4, 0.5) is 18.0 Å². The summed E-state index contributed by atoms with van der Waals surface area (Å²) < 4.78 is 44.5. The summed E-state index contributed by atoms with van der Waals surface area (Å²) in [5, 5.41) is 2.71. The highest BCUT2D eigenvalue weighted by molar-refractivity contribution is 5.74. The number of halogens is 3. The van der Waals surface area contributed by atoms with Gasteiger partial charge >= 0.3 is 12.2 Å². The van der Waals surface area contributed by atoms with Crippen LogP contribution >= 0.6 is 0 Å². The standard InChI is InChI=1S/C17H24F3N3O2/c1-12-10-23(11-15(22(12)2)17(18,19)20)16(24)21-9-8-13-4-6-14(25-3)7-5-13/h4-7,12,15H,8-11H2,1-3H3,(H,21,24). The molecule has 1 aliphatic heterocycles. The average molecular weight is 359 g/mol. The Balaban J connectivity index is 1.87. The number of rotatable bonds is 4. The van der Waals surface area contributed by atoms with Crippen molar-refractivity contribution in [1.82, 2.24) is 15.1 Å². The van der Waals surface area contributed by atoms with E-state index in [9.17, 15) is 18.0 Å². The number of carbonyl (C=O) groups is 1. The molecule has 2 unspecified atom stereocenters. The number of methoxy groups -OCH3 is 1. The molecule has 140 valence electrons. The summed E-state index contributed by atoms with van der Waals surface area (Å²) in [5.41, 5.74) is 1.01. The molecular formula is C17H24F3N3O2. The van der Waals surface area contributed by atoms with Gasteiger partial charge in [0.05, 0.1) is 7.11 Å². The van der Waals surface area contributed by atoms with Crippen LogP contribution in [0.25, 0.3) is 0 Å². The lowest BCUT2D eigenvalue weighted by Gasteiger charge is -2.44. The number of nitrogens with zero attached hydrogens (tertiary/aromatic N) is 2. The molecule has 2 atom stereocenters. The predicted molar refractivity (Wildman–Crippen MR) is 88.7 cm³/mol. The van der Waals surface area contributed by atoms with E-state index >= 15 is 0 Å². The van der Waals surface area contributed by atoms with Gasteiger partial charge in [0.2, 0.25) is 0 Å². The number of benzene rings is 1. The second-order valence-electron chi connectivity index (χ2n) is 6.31. The van der Waals surface area contributed by atoms with E-state index in [1.54, 1.807) is 14.0 Å². The summed E-state index contributed by atoms with van der Waals surface area (Å²) >= 11 is 0. The van der Waals surface area contributed by atoms with E-state index in [-0.39, 0.29) is 19.1 Å². The first-order valence-corrected chi connectivity index (χ1v) is 8.16. The molecular weight excluding hydrogens is 335 g/mol. The minimum absolute atomic E-state index is 0.275. The summed E-state index contributed by atoms with van der Waals surface area (Å²) in [5.74, 6) is 0.748. The lowest BCUT2D eigenvalue weighted by atomic mass is 10.1. The number of carbonyl (C=O) groups excluding carboxylic acids is 1. The zero-order valence-electron chi connectivity index (χ0n) is 14.6. The molecule has 1 fully saturated rings. The quantitative estimate of drug-likeness (QED) is 0.899. The van der Waals surface area contributed by atoms with Crippen molar-refractivity contribution >= 4 is 6.03 Å².